The van der Waals surface area contributed by atoms with Gasteiger partial charge in [0.15, 0.2) is 0 Å². The first-order chi connectivity index (χ1) is 10.0. The van der Waals surface area contributed by atoms with Crippen LogP contribution < -0.4 is 10.1 Å². The summed E-state index contributed by atoms with van der Waals surface area (Å²) < 4.78 is 10.5. The van der Waals surface area contributed by atoms with E-state index in [1.807, 2.05) is 12.1 Å². The summed E-state index contributed by atoms with van der Waals surface area (Å²) in [6, 6.07) is 8.02. The van der Waals surface area contributed by atoms with E-state index in [9.17, 15) is 4.79 Å². The van der Waals surface area contributed by atoms with Gasteiger partial charge in [-0.05, 0) is 30.5 Å². The van der Waals surface area contributed by atoms with Gasteiger partial charge in [0.25, 0.3) is 0 Å². The quantitative estimate of drug-likeness (QED) is 0.907. The summed E-state index contributed by atoms with van der Waals surface area (Å²) in [4.78, 5) is 12.2. The van der Waals surface area contributed by atoms with E-state index >= 15 is 0 Å². The molecule has 0 radical (unpaired) electrons. The highest BCUT2D eigenvalue weighted by Gasteiger charge is 2.25. The second-order valence-corrected chi connectivity index (χ2v) is 6.22. The summed E-state index contributed by atoms with van der Waals surface area (Å²) in [6.07, 6.45) is 1.66. The zero-order valence-electron chi connectivity index (χ0n) is 13.1. The maximum absolute atomic E-state index is 12.2. The predicted octanol–water partition coefficient (Wildman–Crippen LogP) is 2.52. The lowest BCUT2D eigenvalue weighted by Gasteiger charge is -2.28. The molecular weight excluding hydrogens is 266 g/mol. The molecule has 2 rings (SSSR count). The van der Waals surface area contributed by atoms with Gasteiger partial charge in [0.05, 0.1) is 7.11 Å². The van der Waals surface area contributed by atoms with Crippen LogP contribution in [0.3, 0.4) is 0 Å². The van der Waals surface area contributed by atoms with Crippen molar-refractivity contribution in [1.29, 1.82) is 0 Å². The summed E-state index contributed by atoms with van der Waals surface area (Å²) in [6.45, 7) is 6.30. The van der Waals surface area contributed by atoms with Crippen LogP contribution in [0, 0.1) is 5.92 Å². The lowest BCUT2D eigenvalue weighted by atomic mass is 9.84. The SMILES string of the molecule is COc1ccc(C(C)(C)CNC(=O)C2CCOCC2)cc1. The van der Waals surface area contributed by atoms with Crippen molar-refractivity contribution in [3.05, 3.63) is 29.8 Å². The van der Waals surface area contributed by atoms with Crippen molar-refractivity contribution < 1.29 is 14.3 Å². The van der Waals surface area contributed by atoms with Crippen LogP contribution in [-0.2, 0) is 14.9 Å². The largest absolute Gasteiger partial charge is 0.497 e. The maximum atomic E-state index is 12.2. The number of carbonyl (C=O) groups excluding carboxylic acids is 1. The van der Waals surface area contributed by atoms with Crippen molar-refractivity contribution in [2.75, 3.05) is 26.9 Å². The molecule has 0 bridgehead atoms. The number of benzene rings is 1. The zero-order valence-corrected chi connectivity index (χ0v) is 13.1. The fraction of sp³-hybridized carbons (Fsp3) is 0.588. The van der Waals surface area contributed by atoms with Crippen LogP contribution in [0.25, 0.3) is 0 Å². The standard InChI is InChI=1S/C17H25NO3/c1-17(2,14-4-6-15(20-3)7-5-14)12-18-16(19)13-8-10-21-11-9-13/h4-7,13H,8-12H2,1-3H3,(H,18,19). The van der Waals surface area contributed by atoms with E-state index in [1.165, 1.54) is 5.56 Å². The molecule has 0 spiro atoms. The lowest BCUT2D eigenvalue weighted by molar-refractivity contribution is -0.128. The van der Waals surface area contributed by atoms with Crippen molar-refractivity contribution >= 4 is 5.91 Å². The molecule has 4 heteroatoms. The average molecular weight is 291 g/mol. The molecule has 0 aromatic heterocycles. The topological polar surface area (TPSA) is 47.6 Å². The van der Waals surface area contributed by atoms with Gasteiger partial charge >= 0.3 is 0 Å². The molecule has 1 N–H and O–H groups in total. The number of methoxy groups -OCH3 is 1. The molecule has 1 aliphatic rings. The molecule has 1 aliphatic heterocycles. The fourth-order valence-electron chi connectivity index (χ4n) is 2.56. The van der Waals surface area contributed by atoms with Gasteiger partial charge in [-0.15, -0.1) is 0 Å². The lowest BCUT2D eigenvalue weighted by Crippen LogP contribution is -2.41. The van der Waals surface area contributed by atoms with Crippen molar-refractivity contribution in [3.8, 4) is 5.75 Å². The number of hydrogen-bond acceptors (Lipinski definition) is 3. The van der Waals surface area contributed by atoms with Crippen LogP contribution in [-0.4, -0.2) is 32.8 Å². The van der Waals surface area contributed by atoms with Gasteiger partial charge in [0, 0.05) is 31.1 Å². The van der Waals surface area contributed by atoms with E-state index in [0.29, 0.717) is 19.8 Å². The van der Waals surface area contributed by atoms with Crippen LogP contribution >= 0.6 is 0 Å². The first-order valence-electron chi connectivity index (χ1n) is 7.53. The smallest absolute Gasteiger partial charge is 0.223 e. The number of amides is 1. The third-order valence-corrected chi connectivity index (χ3v) is 4.17. The number of ether oxygens (including phenoxy) is 2. The van der Waals surface area contributed by atoms with E-state index in [2.05, 4.69) is 31.3 Å². The molecule has 1 saturated heterocycles. The third kappa shape index (κ3) is 4.21. The Balaban J connectivity index is 1.91. The maximum Gasteiger partial charge on any atom is 0.223 e. The van der Waals surface area contributed by atoms with Crippen molar-refractivity contribution in [2.45, 2.75) is 32.1 Å². The molecular formula is C17H25NO3. The average Bonchev–Trinajstić information content (AvgIpc) is 2.53. The monoisotopic (exact) mass is 291 g/mol. The number of carbonyl (C=O) groups is 1. The molecule has 0 saturated carbocycles. The molecule has 1 aromatic carbocycles. The summed E-state index contributed by atoms with van der Waals surface area (Å²) >= 11 is 0. The Hall–Kier alpha value is -1.55. The minimum absolute atomic E-state index is 0.102. The van der Waals surface area contributed by atoms with Gasteiger partial charge in [0.2, 0.25) is 5.91 Å². The second-order valence-electron chi connectivity index (χ2n) is 6.22. The van der Waals surface area contributed by atoms with Gasteiger partial charge in [-0.2, -0.15) is 0 Å². The number of rotatable bonds is 5. The third-order valence-electron chi connectivity index (χ3n) is 4.17. The van der Waals surface area contributed by atoms with Crippen LogP contribution in [0.4, 0.5) is 0 Å². The normalized spacial score (nSPS) is 16.5. The Labute approximate surface area is 126 Å². The highest BCUT2D eigenvalue weighted by molar-refractivity contribution is 5.78. The van der Waals surface area contributed by atoms with Crippen molar-refractivity contribution in [2.24, 2.45) is 5.92 Å². The van der Waals surface area contributed by atoms with E-state index < -0.39 is 0 Å². The minimum Gasteiger partial charge on any atom is -0.497 e. The first kappa shape index (κ1) is 15.8. The molecule has 0 unspecified atom stereocenters. The molecule has 0 atom stereocenters. The molecule has 0 aliphatic carbocycles. The molecule has 1 amide bonds. The van der Waals surface area contributed by atoms with Crippen LogP contribution in [0.5, 0.6) is 5.75 Å². The van der Waals surface area contributed by atoms with Gasteiger partial charge in [-0.25, -0.2) is 0 Å². The molecule has 1 heterocycles. The van der Waals surface area contributed by atoms with Crippen LogP contribution in [0.2, 0.25) is 0 Å². The van der Waals surface area contributed by atoms with Crippen molar-refractivity contribution in [3.63, 3.8) is 0 Å². The molecule has 4 nitrogen and oxygen atoms in total. The van der Waals surface area contributed by atoms with Gasteiger partial charge in [-0.3, -0.25) is 4.79 Å². The predicted molar refractivity (Wildman–Crippen MR) is 82.6 cm³/mol. The first-order valence-corrected chi connectivity index (χ1v) is 7.53. The summed E-state index contributed by atoms with van der Waals surface area (Å²) in [5.41, 5.74) is 1.09. The summed E-state index contributed by atoms with van der Waals surface area (Å²) in [5.74, 6) is 1.10. The van der Waals surface area contributed by atoms with Crippen LogP contribution in [0.15, 0.2) is 24.3 Å². The van der Waals surface area contributed by atoms with E-state index in [1.54, 1.807) is 7.11 Å². The van der Waals surface area contributed by atoms with Gasteiger partial charge < -0.3 is 14.8 Å². The highest BCUT2D eigenvalue weighted by atomic mass is 16.5. The zero-order chi connectivity index (χ0) is 15.3. The number of nitrogens with one attached hydrogen (secondary N) is 1. The molecule has 21 heavy (non-hydrogen) atoms. The summed E-state index contributed by atoms with van der Waals surface area (Å²) in [5, 5.41) is 3.09. The van der Waals surface area contributed by atoms with Gasteiger partial charge in [-0.1, -0.05) is 26.0 Å². The Morgan fingerprint density at radius 3 is 2.48 bits per heavy atom. The summed E-state index contributed by atoms with van der Waals surface area (Å²) in [7, 11) is 1.66. The fourth-order valence-corrected chi connectivity index (χ4v) is 2.56. The molecule has 1 fully saturated rings. The highest BCUT2D eigenvalue weighted by Crippen LogP contribution is 2.25. The van der Waals surface area contributed by atoms with E-state index in [0.717, 1.165) is 18.6 Å². The molecule has 1 aromatic rings. The second kappa shape index (κ2) is 6.94. The molecule has 116 valence electrons. The van der Waals surface area contributed by atoms with Gasteiger partial charge in [0.1, 0.15) is 5.75 Å². The Kier molecular flexibility index (Phi) is 5.23. The Bertz CT molecular complexity index is 461. The Morgan fingerprint density at radius 2 is 1.90 bits per heavy atom. The number of hydrogen-bond donors (Lipinski definition) is 1. The Morgan fingerprint density at radius 1 is 1.29 bits per heavy atom. The van der Waals surface area contributed by atoms with Crippen LogP contribution in [0.1, 0.15) is 32.3 Å². The van der Waals surface area contributed by atoms with E-state index in [4.69, 9.17) is 9.47 Å². The minimum atomic E-state index is -0.104. The van der Waals surface area contributed by atoms with Crippen molar-refractivity contribution in [1.82, 2.24) is 5.32 Å². The van der Waals surface area contributed by atoms with E-state index in [-0.39, 0.29) is 17.2 Å².